The monoisotopic (exact) mass is 478 g/mol. The van der Waals surface area contributed by atoms with E-state index in [1.165, 1.54) is 15.4 Å². The SMILES string of the molecule is COc1ccccc1CN(C)C(=O)COC(=O)C1CCN(S(=O)(=O)c2cn(C)c(C)n2)CC1. The van der Waals surface area contributed by atoms with Crippen LogP contribution >= 0.6 is 0 Å². The summed E-state index contributed by atoms with van der Waals surface area (Å²) in [4.78, 5) is 30.5. The fourth-order valence-electron chi connectivity index (χ4n) is 3.65. The number of hydrogen-bond acceptors (Lipinski definition) is 7. The number of carbonyl (C=O) groups is 2. The molecule has 11 heteroatoms. The number of benzene rings is 1. The highest BCUT2D eigenvalue weighted by atomic mass is 32.2. The van der Waals surface area contributed by atoms with Gasteiger partial charge in [0.1, 0.15) is 11.6 Å². The van der Waals surface area contributed by atoms with Crippen molar-refractivity contribution in [3.8, 4) is 5.75 Å². The number of likely N-dealkylation sites (N-methyl/N-ethyl adjacent to an activating group) is 1. The lowest BCUT2D eigenvalue weighted by Gasteiger charge is -2.29. The molecule has 0 aliphatic carbocycles. The molecule has 0 unspecified atom stereocenters. The molecule has 0 atom stereocenters. The summed E-state index contributed by atoms with van der Waals surface area (Å²) in [6.07, 6.45) is 2.14. The molecule has 1 aliphatic heterocycles. The maximum atomic E-state index is 12.8. The van der Waals surface area contributed by atoms with Gasteiger partial charge in [-0.05, 0) is 25.8 Å². The Balaban J connectivity index is 1.48. The summed E-state index contributed by atoms with van der Waals surface area (Å²) >= 11 is 0. The van der Waals surface area contributed by atoms with Crippen LogP contribution < -0.4 is 4.74 Å². The van der Waals surface area contributed by atoms with E-state index in [4.69, 9.17) is 9.47 Å². The van der Waals surface area contributed by atoms with Gasteiger partial charge in [0.2, 0.25) is 0 Å². The van der Waals surface area contributed by atoms with E-state index in [0.717, 1.165) is 5.56 Å². The van der Waals surface area contributed by atoms with Crippen LogP contribution in [0.3, 0.4) is 0 Å². The molecule has 2 heterocycles. The number of esters is 1. The molecule has 10 nitrogen and oxygen atoms in total. The zero-order valence-corrected chi connectivity index (χ0v) is 20.2. The van der Waals surface area contributed by atoms with Crippen molar-refractivity contribution < 1.29 is 27.5 Å². The first-order chi connectivity index (χ1) is 15.6. The number of methoxy groups -OCH3 is 1. The normalized spacial score (nSPS) is 15.3. The Bertz CT molecular complexity index is 1090. The molecule has 1 aromatic heterocycles. The van der Waals surface area contributed by atoms with Gasteiger partial charge in [0.25, 0.3) is 15.9 Å². The maximum absolute atomic E-state index is 12.8. The molecular formula is C22H30N4O6S. The minimum Gasteiger partial charge on any atom is -0.496 e. The minimum atomic E-state index is -3.71. The number of aryl methyl sites for hydroxylation is 2. The van der Waals surface area contributed by atoms with Crippen LogP contribution in [0.15, 0.2) is 35.5 Å². The van der Waals surface area contributed by atoms with Gasteiger partial charge in [-0.15, -0.1) is 0 Å². The van der Waals surface area contributed by atoms with Gasteiger partial charge >= 0.3 is 5.97 Å². The Kier molecular flexibility index (Phi) is 7.75. The third-order valence-electron chi connectivity index (χ3n) is 5.84. The number of hydrogen-bond donors (Lipinski definition) is 0. The standard InChI is InChI=1S/C22H30N4O6S/c1-16-23-20(14-24(16)2)33(29,30)26-11-9-17(10-12-26)22(28)32-15-21(27)25(3)13-18-7-5-6-8-19(18)31-4/h5-8,14,17H,9-13,15H2,1-4H3. The third kappa shape index (κ3) is 5.72. The van der Waals surface area contributed by atoms with Crippen molar-refractivity contribution in [3.63, 3.8) is 0 Å². The highest BCUT2D eigenvalue weighted by Crippen LogP contribution is 2.24. The molecule has 1 amide bonds. The van der Waals surface area contributed by atoms with Gasteiger partial charge in [-0.25, -0.2) is 13.4 Å². The molecule has 1 aliphatic rings. The van der Waals surface area contributed by atoms with E-state index in [-0.39, 0.29) is 30.6 Å². The van der Waals surface area contributed by atoms with Gasteiger partial charge in [-0.2, -0.15) is 4.31 Å². The number of nitrogens with zero attached hydrogens (tertiary/aromatic N) is 4. The van der Waals surface area contributed by atoms with Crippen molar-refractivity contribution in [2.75, 3.05) is 33.9 Å². The average molecular weight is 479 g/mol. The van der Waals surface area contributed by atoms with Crippen molar-refractivity contribution >= 4 is 21.9 Å². The molecule has 1 saturated heterocycles. The number of rotatable bonds is 8. The fourth-order valence-corrected chi connectivity index (χ4v) is 5.15. The summed E-state index contributed by atoms with van der Waals surface area (Å²) in [5, 5.41) is 0.00667. The van der Waals surface area contributed by atoms with Crippen molar-refractivity contribution in [2.45, 2.75) is 31.3 Å². The van der Waals surface area contributed by atoms with Gasteiger partial charge in [0.15, 0.2) is 11.6 Å². The van der Waals surface area contributed by atoms with E-state index in [2.05, 4.69) is 4.98 Å². The van der Waals surface area contributed by atoms with Gasteiger partial charge in [0.05, 0.1) is 13.0 Å². The van der Waals surface area contributed by atoms with Crippen LogP contribution in [0.1, 0.15) is 24.2 Å². The van der Waals surface area contributed by atoms with Crippen LogP contribution in [0, 0.1) is 12.8 Å². The number of imidazole rings is 1. The summed E-state index contributed by atoms with van der Waals surface area (Å²) < 4.78 is 39.1. The Morgan fingerprint density at radius 2 is 1.88 bits per heavy atom. The number of sulfonamides is 1. The molecule has 3 rings (SSSR count). The van der Waals surface area contributed by atoms with Gasteiger partial charge < -0.3 is 18.9 Å². The molecule has 0 N–H and O–H groups in total. The Morgan fingerprint density at radius 1 is 1.21 bits per heavy atom. The smallest absolute Gasteiger partial charge is 0.309 e. The first-order valence-corrected chi connectivity index (χ1v) is 12.1. The van der Waals surface area contributed by atoms with Gasteiger partial charge in [-0.1, -0.05) is 18.2 Å². The van der Waals surface area contributed by atoms with E-state index < -0.39 is 21.9 Å². The van der Waals surface area contributed by atoms with Gasteiger partial charge in [0, 0.05) is 45.5 Å². The Labute approximate surface area is 194 Å². The van der Waals surface area contributed by atoms with Crippen LogP contribution in [0.25, 0.3) is 0 Å². The highest BCUT2D eigenvalue weighted by molar-refractivity contribution is 7.89. The second-order valence-electron chi connectivity index (χ2n) is 8.08. The molecule has 0 bridgehead atoms. The van der Waals surface area contributed by atoms with E-state index >= 15 is 0 Å². The Morgan fingerprint density at radius 3 is 2.48 bits per heavy atom. The van der Waals surface area contributed by atoms with Crippen LogP contribution in [-0.2, 0) is 37.9 Å². The number of carbonyl (C=O) groups excluding carboxylic acids is 2. The average Bonchev–Trinajstić information content (AvgIpc) is 3.16. The Hall–Kier alpha value is -2.92. The second-order valence-corrected chi connectivity index (χ2v) is 9.97. The first-order valence-electron chi connectivity index (χ1n) is 10.7. The lowest BCUT2D eigenvalue weighted by molar-refractivity contribution is -0.156. The zero-order chi connectivity index (χ0) is 24.2. The third-order valence-corrected chi connectivity index (χ3v) is 7.61. The number of piperidine rings is 1. The maximum Gasteiger partial charge on any atom is 0.309 e. The minimum absolute atomic E-state index is 0.00667. The molecule has 180 valence electrons. The molecule has 1 fully saturated rings. The van der Waals surface area contributed by atoms with Crippen LogP contribution in [0.2, 0.25) is 0 Å². The van der Waals surface area contributed by atoms with Crippen molar-refractivity contribution in [2.24, 2.45) is 13.0 Å². The van der Waals surface area contributed by atoms with Gasteiger partial charge in [-0.3, -0.25) is 9.59 Å². The molecule has 1 aromatic carbocycles. The molecule has 33 heavy (non-hydrogen) atoms. The molecule has 0 spiro atoms. The fraction of sp³-hybridized carbons (Fsp3) is 0.500. The zero-order valence-electron chi connectivity index (χ0n) is 19.4. The van der Waals surface area contributed by atoms with Crippen LogP contribution in [0.5, 0.6) is 5.75 Å². The summed E-state index contributed by atoms with van der Waals surface area (Å²) in [6.45, 7) is 2.08. The number of aromatic nitrogens is 2. The van der Waals surface area contributed by atoms with Crippen molar-refractivity contribution in [3.05, 3.63) is 41.9 Å². The predicted octanol–water partition coefficient (Wildman–Crippen LogP) is 1.34. The quantitative estimate of drug-likeness (QED) is 0.527. The van der Waals surface area contributed by atoms with Crippen molar-refractivity contribution in [1.82, 2.24) is 18.8 Å². The van der Waals surface area contributed by atoms with E-state index in [9.17, 15) is 18.0 Å². The summed E-state index contributed by atoms with van der Waals surface area (Å²) in [5.41, 5.74) is 0.846. The molecule has 2 aromatic rings. The largest absolute Gasteiger partial charge is 0.496 e. The molecule has 0 radical (unpaired) electrons. The number of para-hydroxylation sites is 1. The first kappa shape index (κ1) is 24.7. The van der Waals surface area contributed by atoms with Crippen LogP contribution in [-0.4, -0.2) is 72.9 Å². The van der Waals surface area contributed by atoms with Crippen molar-refractivity contribution in [1.29, 1.82) is 0 Å². The van der Waals surface area contributed by atoms with E-state index in [0.29, 0.717) is 31.0 Å². The number of amides is 1. The summed E-state index contributed by atoms with van der Waals surface area (Å²) in [6, 6.07) is 7.38. The topological polar surface area (TPSA) is 111 Å². The van der Waals surface area contributed by atoms with E-state index in [1.54, 1.807) is 32.7 Å². The van der Waals surface area contributed by atoms with Crippen LogP contribution in [0.4, 0.5) is 0 Å². The molecular weight excluding hydrogens is 448 g/mol. The number of ether oxygens (including phenoxy) is 2. The summed E-state index contributed by atoms with van der Waals surface area (Å²) in [7, 11) is 1.22. The predicted molar refractivity (Wildman–Crippen MR) is 120 cm³/mol. The second kappa shape index (κ2) is 10.3. The highest BCUT2D eigenvalue weighted by Gasteiger charge is 2.34. The summed E-state index contributed by atoms with van der Waals surface area (Å²) in [5.74, 6) is 0.0120. The van der Waals surface area contributed by atoms with E-state index in [1.807, 2.05) is 24.3 Å². The lowest BCUT2D eigenvalue weighted by Crippen LogP contribution is -2.41. The molecule has 0 saturated carbocycles. The lowest BCUT2D eigenvalue weighted by atomic mass is 9.98.